The van der Waals surface area contributed by atoms with Gasteiger partial charge in [-0.1, -0.05) is 23.7 Å². The van der Waals surface area contributed by atoms with Crippen LogP contribution in [0.2, 0.25) is 5.02 Å². The topological polar surface area (TPSA) is 64.6 Å². The largest absolute Gasteiger partial charge is 0.497 e. The highest BCUT2D eigenvalue weighted by atomic mass is 35.5. The third kappa shape index (κ3) is 5.77. The van der Waals surface area contributed by atoms with Gasteiger partial charge in [0, 0.05) is 24.4 Å². The minimum atomic E-state index is -0.172. The monoisotopic (exact) mass is 375 g/mol. The lowest BCUT2D eigenvalue weighted by Crippen LogP contribution is -2.26. The van der Waals surface area contributed by atoms with Crippen molar-refractivity contribution in [2.45, 2.75) is 19.3 Å². The van der Waals surface area contributed by atoms with Crippen LogP contribution in [0.25, 0.3) is 0 Å². The molecule has 0 fully saturated rings. The van der Waals surface area contributed by atoms with Crippen molar-refractivity contribution < 1.29 is 19.1 Å². The molecule has 0 aliphatic carbocycles. The molecule has 1 N–H and O–H groups in total. The first-order valence-corrected chi connectivity index (χ1v) is 8.67. The molecule has 5 nitrogen and oxygen atoms in total. The van der Waals surface area contributed by atoms with Gasteiger partial charge in [-0.25, -0.2) is 0 Å². The van der Waals surface area contributed by atoms with Crippen molar-refractivity contribution in [3.8, 4) is 11.5 Å². The minimum absolute atomic E-state index is 0.102. The first-order chi connectivity index (χ1) is 12.5. The second kappa shape index (κ2) is 9.82. The first kappa shape index (κ1) is 19.8. The summed E-state index contributed by atoms with van der Waals surface area (Å²) < 4.78 is 10.3. The van der Waals surface area contributed by atoms with Crippen LogP contribution in [0, 0.1) is 0 Å². The molecule has 0 aromatic heterocycles. The van der Waals surface area contributed by atoms with Gasteiger partial charge < -0.3 is 14.8 Å². The van der Waals surface area contributed by atoms with E-state index in [0.29, 0.717) is 29.3 Å². The Morgan fingerprint density at radius 1 is 1.00 bits per heavy atom. The molecule has 0 bridgehead atoms. The van der Waals surface area contributed by atoms with Crippen LogP contribution < -0.4 is 14.8 Å². The van der Waals surface area contributed by atoms with Gasteiger partial charge in [-0.3, -0.25) is 9.59 Å². The van der Waals surface area contributed by atoms with Crippen LogP contribution in [0.1, 0.15) is 28.8 Å². The highest BCUT2D eigenvalue weighted by Gasteiger charge is 2.14. The normalized spacial score (nSPS) is 10.3. The summed E-state index contributed by atoms with van der Waals surface area (Å²) in [5.41, 5.74) is 1.50. The molecule has 2 rings (SSSR count). The first-order valence-electron chi connectivity index (χ1n) is 8.30. The Balaban J connectivity index is 1.77. The van der Waals surface area contributed by atoms with Crippen LogP contribution in [0.3, 0.4) is 0 Å². The predicted molar refractivity (Wildman–Crippen MR) is 101 cm³/mol. The third-order valence-corrected chi connectivity index (χ3v) is 4.17. The van der Waals surface area contributed by atoms with E-state index in [0.717, 1.165) is 11.3 Å². The van der Waals surface area contributed by atoms with E-state index >= 15 is 0 Å². The van der Waals surface area contributed by atoms with Gasteiger partial charge in [0.1, 0.15) is 11.5 Å². The standard InChI is InChI=1S/C20H22ClNO4/c1-25-16-6-3-14(4-7-16)11-12-22-20(24)10-8-18(23)17-13-15(21)5-9-19(17)26-2/h3-7,9,13H,8,10-12H2,1-2H3,(H,22,24). The number of Topliss-reactive ketones (excluding diaryl/α,β-unsaturated/α-hetero) is 1. The van der Waals surface area contributed by atoms with Crippen molar-refractivity contribution in [2.24, 2.45) is 0 Å². The van der Waals surface area contributed by atoms with E-state index < -0.39 is 0 Å². The smallest absolute Gasteiger partial charge is 0.220 e. The number of nitrogens with one attached hydrogen (secondary N) is 1. The number of carbonyl (C=O) groups excluding carboxylic acids is 2. The maximum Gasteiger partial charge on any atom is 0.220 e. The van der Waals surface area contributed by atoms with Gasteiger partial charge in [0.2, 0.25) is 5.91 Å². The summed E-state index contributed by atoms with van der Waals surface area (Å²) in [6.07, 6.45) is 0.938. The number of ketones is 1. The number of benzene rings is 2. The molecular weight excluding hydrogens is 354 g/mol. The van der Waals surface area contributed by atoms with E-state index in [1.807, 2.05) is 24.3 Å². The second-order valence-corrected chi connectivity index (χ2v) is 6.15. The zero-order valence-electron chi connectivity index (χ0n) is 14.9. The second-order valence-electron chi connectivity index (χ2n) is 5.72. The maximum atomic E-state index is 12.3. The fourth-order valence-electron chi connectivity index (χ4n) is 2.49. The molecule has 0 unspecified atom stereocenters. The molecule has 1 amide bonds. The summed E-state index contributed by atoms with van der Waals surface area (Å²) in [6.45, 7) is 0.514. The van der Waals surface area contributed by atoms with Crippen molar-refractivity contribution in [1.29, 1.82) is 0 Å². The molecule has 0 heterocycles. The third-order valence-electron chi connectivity index (χ3n) is 3.94. The molecule has 0 saturated carbocycles. The Morgan fingerprint density at radius 2 is 1.73 bits per heavy atom. The molecule has 138 valence electrons. The van der Waals surface area contributed by atoms with Gasteiger partial charge in [0.15, 0.2) is 5.78 Å². The lowest BCUT2D eigenvalue weighted by Gasteiger charge is -2.09. The highest BCUT2D eigenvalue weighted by Crippen LogP contribution is 2.24. The Morgan fingerprint density at radius 3 is 2.38 bits per heavy atom. The van der Waals surface area contributed by atoms with Gasteiger partial charge in [0.05, 0.1) is 19.8 Å². The van der Waals surface area contributed by atoms with Gasteiger partial charge >= 0.3 is 0 Å². The fraction of sp³-hybridized carbons (Fsp3) is 0.300. The van der Waals surface area contributed by atoms with E-state index in [4.69, 9.17) is 21.1 Å². The number of halogens is 1. The number of hydrogen-bond donors (Lipinski definition) is 1. The number of ether oxygens (including phenoxy) is 2. The van der Waals surface area contributed by atoms with Crippen molar-refractivity contribution in [2.75, 3.05) is 20.8 Å². The quantitative estimate of drug-likeness (QED) is 0.679. The Bertz CT molecular complexity index is 759. The van der Waals surface area contributed by atoms with Crippen LogP contribution >= 0.6 is 11.6 Å². The number of hydrogen-bond acceptors (Lipinski definition) is 4. The number of rotatable bonds is 9. The molecule has 0 aliphatic heterocycles. The average Bonchev–Trinajstić information content (AvgIpc) is 2.66. The minimum Gasteiger partial charge on any atom is -0.497 e. The molecular formula is C20H22ClNO4. The van der Waals surface area contributed by atoms with Crippen molar-refractivity contribution >= 4 is 23.3 Å². The Labute approximate surface area is 158 Å². The van der Waals surface area contributed by atoms with Crippen LogP contribution in [-0.4, -0.2) is 32.5 Å². The molecule has 0 radical (unpaired) electrons. The lowest BCUT2D eigenvalue weighted by molar-refractivity contribution is -0.121. The van der Waals surface area contributed by atoms with Crippen molar-refractivity contribution in [3.63, 3.8) is 0 Å². The van der Waals surface area contributed by atoms with E-state index in [1.165, 1.54) is 7.11 Å². The predicted octanol–water partition coefficient (Wildman–Crippen LogP) is 3.68. The molecule has 0 aliphatic rings. The van der Waals surface area contributed by atoms with Crippen molar-refractivity contribution in [1.82, 2.24) is 5.32 Å². The summed E-state index contributed by atoms with van der Waals surface area (Å²) in [7, 11) is 3.11. The van der Waals surface area contributed by atoms with E-state index in [9.17, 15) is 9.59 Å². The van der Waals surface area contributed by atoms with Crippen molar-refractivity contribution in [3.05, 3.63) is 58.6 Å². The summed E-state index contributed by atoms with van der Waals surface area (Å²) >= 11 is 5.93. The molecule has 0 saturated heterocycles. The molecule has 2 aromatic carbocycles. The SMILES string of the molecule is COc1ccc(CCNC(=O)CCC(=O)c2cc(Cl)ccc2OC)cc1. The number of amides is 1. The van der Waals surface area contributed by atoms with Gasteiger partial charge in [-0.2, -0.15) is 0 Å². The molecule has 0 atom stereocenters. The van der Waals surface area contributed by atoms with Crippen LogP contribution in [-0.2, 0) is 11.2 Å². The average molecular weight is 376 g/mol. The van der Waals surface area contributed by atoms with Gasteiger partial charge in [-0.15, -0.1) is 0 Å². The van der Waals surface area contributed by atoms with Crippen LogP contribution in [0.5, 0.6) is 11.5 Å². The summed E-state index contributed by atoms with van der Waals surface area (Å²) in [4.78, 5) is 24.3. The van der Waals surface area contributed by atoms with Gasteiger partial charge in [-0.05, 0) is 42.3 Å². The lowest BCUT2D eigenvalue weighted by atomic mass is 10.1. The van der Waals surface area contributed by atoms with E-state index in [2.05, 4.69) is 5.32 Å². The zero-order chi connectivity index (χ0) is 18.9. The van der Waals surface area contributed by atoms with Crippen LogP contribution in [0.4, 0.5) is 0 Å². The summed E-state index contributed by atoms with van der Waals surface area (Å²) in [5.74, 6) is 0.926. The molecule has 6 heteroatoms. The molecule has 0 spiro atoms. The zero-order valence-corrected chi connectivity index (χ0v) is 15.6. The Kier molecular flexibility index (Phi) is 7.48. The summed E-state index contributed by atoms with van der Waals surface area (Å²) in [6, 6.07) is 12.5. The highest BCUT2D eigenvalue weighted by molar-refractivity contribution is 6.31. The Hall–Kier alpha value is -2.53. The van der Waals surface area contributed by atoms with Gasteiger partial charge in [0.25, 0.3) is 0 Å². The number of carbonyl (C=O) groups is 2. The maximum absolute atomic E-state index is 12.3. The summed E-state index contributed by atoms with van der Waals surface area (Å²) in [5, 5.41) is 3.28. The fourth-order valence-corrected chi connectivity index (χ4v) is 2.66. The van der Waals surface area contributed by atoms with E-state index in [-0.39, 0.29) is 24.5 Å². The van der Waals surface area contributed by atoms with Crippen LogP contribution in [0.15, 0.2) is 42.5 Å². The molecule has 2 aromatic rings. The number of methoxy groups -OCH3 is 2. The van der Waals surface area contributed by atoms with E-state index in [1.54, 1.807) is 25.3 Å². The molecule has 26 heavy (non-hydrogen) atoms.